The summed E-state index contributed by atoms with van der Waals surface area (Å²) in [6.07, 6.45) is 4.78. The summed E-state index contributed by atoms with van der Waals surface area (Å²) in [4.78, 5) is 26.0. The highest BCUT2D eigenvalue weighted by Crippen LogP contribution is 2.27. The van der Waals surface area contributed by atoms with E-state index < -0.39 is 17.0 Å². The highest BCUT2D eigenvalue weighted by Gasteiger charge is 2.46. The van der Waals surface area contributed by atoms with Crippen LogP contribution in [0.25, 0.3) is 0 Å². The Morgan fingerprint density at radius 3 is 2.88 bits per heavy atom. The Labute approximate surface area is 149 Å². The first-order valence-electron chi connectivity index (χ1n) is 8.00. The maximum absolute atomic E-state index is 12.2. The molecule has 1 fully saturated rings. The molecule has 10 heteroatoms. The lowest BCUT2D eigenvalue weighted by atomic mass is 10.1. The first kappa shape index (κ1) is 17.8. The number of carbonyl (C=O) groups excluding carboxylic acids is 1. The van der Waals surface area contributed by atoms with E-state index >= 15 is 0 Å². The monoisotopic (exact) mass is 357 g/mol. The molecule has 0 radical (unpaired) electrons. The lowest BCUT2D eigenvalue weighted by Crippen LogP contribution is -2.39. The van der Waals surface area contributed by atoms with Crippen LogP contribution in [0.4, 0.5) is 17.6 Å². The number of nitriles is 1. The summed E-state index contributed by atoms with van der Waals surface area (Å²) >= 11 is 0. The number of anilines is 3. The zero-order valence-corrected chi connectivity index (χ0v) is 14.4. The van der Waals surface area contributed by atoms with Gasteiger partial charge in [0.1, 0.15) is 11.9 Å². The topological polar surface area (TPSA) is 140 Å². The van der Waals surface area contributed by atoms with Crippen LogP contribution in [0.2, 0.25) is 0 Å². The van der Waals surface area contributed by atoms with E-state index in [4.69, 9.17) is 5.26 Å². The second-order valence-electron chi connectivity index (χ2n) is 6.68. The fourth-order valence-electron chi connectivity index (χ4n) is 2.50. The number of rotatable bonds is 5. The maximum atomic E-state index is 12.2. The van der Waals surface area contributed by atoms with Gasteiger partial charge in [-0.05, 0) is 19.9 Å². The van der Waals surface area contributed by atoms with Gasteiger partial charge in [-0.15, -0.1) is 0 Å². The molecule has 10 nitrogen and oxygen atoms in total. The molecule has 0 saturated carbocycles. The van der Waals surface area contributed by atoms with E-state index in [1.165, 1.54) is 17.2 Å². The van der Waals surface area contributed by atoms with E-state index in [-0.39, 0.29) is 31.3 Å². The molecule has 3 N–H and O–H groups in total. The van der Waals surface area contributed by atoms with Crippen LogP contribution >= 0.6 is 0 Å². The van der Waals surface area contributed by atoms with E-state index in [2.05, 4.69) is 20.3 Å². The zero-order chi connectivity index (χ0) is 18.9. The third-order valence-corrected chi connectivity index (χ3v) is 4.31. The summed E-state index contributed by atoms with van der Waals surface area (Å²) in [6, 6.07) is 3.17. The van der Waals surface area contributed by atoms with Crippen LogP contribution in [0.5, 0.6) is 0 Å². The van der Waals surface area contributed by atoms with Crippen LogP contribution < -0.4 is 10.2 Å². The Morgan fingerprint density at radius 1 is 1.46 bits per heavy atom. The average molecular weight is 357 g/mol. The van der Waals surface area contributed by atoms with Crippen LogP contribution in [0, 0.1) is 11.3 Å². The Morgan fingerprint density at radius 2 is 2.23 bits per heavy atom. The minimum Gasteiger partial charge on any atom is -0.394 e. The van der Waals surface area contributed by atoms with E-state index in [9.17, 15) is 15.0 Å². The zero-order valence-electron chi connectivity index (χ0n) is 14.4. The summed E-state index contributed by atoms with van der Waals surface area (Å²) < 4.78 is 1.76. The van der Waals surface area contributed by atoms with Gasteiger partial charge in [0, 0.05) is 25.4 Å². The number of nitrogens with zero attached hydrogens (tertiary/aromatic N) is 6. The first-order chi connectivity index (χ1) is 12.3. The minimum atomic E-state index is -2.01. The fraction of sp³-hybridized carbons (Fsp3) is 0.438. The van der Waals surface area contributed by atoms with Gasteiger partial charge in [-0.3, -0.25) is 9.69 Å². The molecule has 0 aromatic carbocycles. The first-order valence-corrected chi connectivity index (χ1v) is 8.00. The van der Waals surface area contributed by atoms with Gasteiger partial charge in [0.2, 0.25) is 11.5 Å². The highest BCUT2D eigenvalue weighted by molar-refractivity contribution is 6.03. The number of aliphatic hydroxyl groups is 2. The van der Waals surface area contributed by atoms with Crippen LogP contribution in [0.15, 0.2) is 24.8 Å². The maximum Gasteiger partial charge on any atom is 0.275 e. The Kier molecular flexibility index (Phi) is 4.35. The number of hydrogen-bond donors (Lipinski definition) is 3. The van der Waals surface area contributed by atoms with Crippen molar-refractivity contribution in [2.45, 2.75) is 31.4 Å². The number of amides is 1. The van der Waals surface area contributed by atoms with Crippen molar-refractivity contribution in [3.05, 3.63) is 24.8 Å². The Hall–Kier alpha value is -3.03. The number of imidazole rings is 1. The molecule has 0 aliphatic carbocycles. The SMILES string of the molecule is CC(C)(CO)n1cnc(Nc2nccc(N3CC[C@](O)(C#N)C3=O)n2)c1. The third-order valence-electron chi connectivity index (χ3n) is 4.31. The number of carbonyl (C=O) groups is 1. The molecule has 1 aliphatic heterocycles. The highest BCUT2D eigenvalue weighted by atomic mass is 16.3. The van der Waals surface area contributed by atoms with Crippen molar-refractivity contribution < 1.29 is 15.0 Å². The van der Waals surface area contributed by atoms with Gasteiger partial charge in [0.05, 0.1) is 18.5 Å². The lowest BCUT2D eigenvalue weighted by molar-refractivity contribution is -0.128. The summed E-state index contributed by atoms with van der Waals surface area (Å²) in [7, 11) is 0. The van der Waals surface area contributed by atoms with E-state index in [1.54, 1.807) is 23.2 Å². The molecule has 0 bridgehead atoms. The standard InChI is InChI=1S/C16H19N7O3/c1-15(2,9-24)22-7-11(19-10-22)20-14-18-5-3-12(21-14)23-6-4-16(26,8-17)13(23)25/h3,5,7,10,24,26H,4,6,9H2,1-2H3,(H,18,20,21)/t16-/m0/s1. The number of aliphatic hydroxyl groups excluding tert-OH is 1. The molecule has 0 spiro atoms. The number of nitrogens with one attached hydrogen (secondary N) is 1. The average Bonchev–Trinajstić information content (AvgIpc) is 3.22. The van der Waals surface area contributed by atoms with Crippen molar-refractivity contribution in [2.75, 3.05) is 23.4 Å². The summed E-state index contributed by atoms with van der Waals surface area (Å²) in [6.45, 7) is 3.88. The molecule has 3 rings (SSSR count). The van der Waals surface area contributed by atoms with Crippen LogP contribution in [0.1, 0.15) is 20.3 Å². The van der Waals surface area contributed by atoms with Gasteiger partial charge in [-0.2, -0.15) is 10.2 Å². The van der Waals surface area contributed by atoms with E-state index in [1.807, 2.05) is 13.8 Å². The lowest BCUT2D eigenvalue weighted by Gasteiger charge is -2.23. The van der Waals surface area contributed by atoms with Crippen molar-refractivity contribution in [1.29, 1.82) is 5.26 Å². The Bertz CT molecular complexity index is 873. The predicted molar refractivity (Wildman–Crippen MR) is 91.5 cm³/mol. The summed E-state index contributed by atoms with van der Waals surface area (Å²) in [5, 5.41) is 31.3. The Balaban J connectivity index is 1.79. The van der Waals surface area contributed by atoms with Crippen molar-refractivity contribution in [2.24, 2.45) is 0 Å². The molecule has 1 saturated heterocycles. The van der Waals surface area contributed by atoms with Gasteiger partial charge in [-0.25, -0.2) is 9.97 Å². The molecule has 1 atom stereocenters. The summed E-state index contributed by atoms with van der Waals surface area (Å²) in [5.41, 5.74) is -2.51. The van der Waals surface area contributed by atoms with Gasteiger partial charge in [0.15, 0.2) is 5.82 Å². The van der Waals surface area contributed by atoms with Crippen LogP contribution in [-0.4, -0.2) is 54.4 Å². The number of aromatic nitrogens is 4. The van der Waals surface area contributed by atoms with Crippen molar-refractivity contribution in [3.8, 4) is 6.07 Å². The van der Waals surface area contributed by atoms with Gasteiger partial charge in [0.25, 0.3) is 5.91 Å². The minimum absolute atomic E-state index is 0.0236. The fourth-order valence-corrected chi connectivity index (χ4v) is 2.50. The van der Waals surface area contributed by atoms with E-state index in [0.717, 1.165) is 0 Å². The van der Waals surface area contributed by atoms with Crippen molar-refractivity contribution in [1.82, 2.24) is 19.5 Å². The molecule has 136 valence electrons. The third kappa shape index (κ3) is 3.10. The molecular weight excluding hydrogens is 338 g/mol. The molecule has 2 aromatic heterocycles. The molecule has 3 heterocycles. The van der Waals surface area contributed by atoms with Crippen LogP contribution in [0.3, 0.4) is 0 Å². The summed E-state index contributed by atoms with van der Waals surface area (Å²) in [5.74, 6) is 0.284. The van der Waals surface area contributed by atoms with Crippen molar-refractivity contribution in [3.63, 3.8) is 0 Å². The number of hydrogen-bond acceptors (Lipinski definition) is 8. The smallest absolute Gasteiger partial charge is 0.275 e. The molecular formula is C16H19N7O3. The second kappa shape index (κ2) is 6.36. The quantitative estimate of drug-likeness (QED) is 0.642. The molecule has 1 amide bonds. The van der Waals surface area contributed by atoms with Gasteiger partial charge in [-0.1, -0.05) is 0 Å². The molecule has 1 aliphatic rings. The normalized spacial score (nSPS) is 20.3. The van der Waals surface area contributed by atoms with Gasteiger partial charge < -0.3 is 20.1 Å². The molecule has 2 aromatic rings. The molecule has 0 unspecified atom stereocenters. The molecule has 26 heavy (non-hydrogen) atoms. The predicted octanol–water partition coefficient (Wildman–Crippen LogP) is 0.135. The largest absolute Gasteiger partial charge is 0.394 e. The van der Waals surface area contributed by atoms with Gasteiger partial charge >= 0.3 is 0 Å². The van der Waals surface area contributed by atoms with E-state index in [0.29, 0.717) is 5.82 Å². The van der Waals surface area contributed by atoms with Crippen molar-refractivity contribution >= 4 is 23.5 Å². The second-order valence-corrected chi connectivity index (χ2v) is 6.68. The van der Waals surface area contributed by atoms with Crippen LogP contribution in [-0.2, 0) is 10.3 Å².